The summed E-state index contributed by atoms with van der Waals surface area (Å²) in [5.74, 6) is 0.404. The fourth-order valence-electron chi connectivity index (χ4n) is 6.19. The van der Waals surface area contributed by atoms with Crippen molar-refractivity contribution in [1.82, 2.24) is 19.4 Å². The largest absolute Gasteiger partial charge is 0.475 e. The maximum Gasteiger partial charge on any atom is 0.371 e. The summed E-state index contributed by atoms with van der Waals surface area (Å²) in [5.41, 5.74) is 3.54. The van der Waals surface area contributed by atoms with Gasteiger partial charge in [0.15, 0.2) is 0 Å². The molecule has 5 heterocycles. The van der Waals surface area contributed by atoms with Crippen LogP contribution in [0.4, 0.5) is 4.39 Å². The second-order valence-electron chi connectivity index (χ2n) is 11.3. The number of halogens is 1. The van der Waals surface area contributed by atoms with Gasteiger partial charge in [0.25, 0.3) is 0 Å². The number of hydrogen-bond acceptors (Lipinski definition) is 7. The second kappa shape index (κ2) is 9.71. The van der Waals surface area contributed by atoms with Gasteiger partial charge in [-0.15, -0.1) is 0 Å². The summed E-state index contributed by atoms with van der Waals surface area (Å²) in [6.45, 7) is 5.87. The summed E-state index contributed by atoms with van der Waals surface area (Å²) in [4.78, 5) is 23.3. The Kier molecular flexibility index (Phi) is 6.12. The van der Waals surface area contributed by atoms with Crippen LogP contribution in [0.5, 0.6) is 5.88 Å². The van der Waals surface area contributed by atoms with Gasteiger partial charge in [0.2, 0.25) is 17.4 Å². The van der Waals surface area contributed by atoms with E-state index in [-0.39, 0.29) is 29.7 Å². The molecule has 1 unspecified atom stereocenters. The molecule has 0 bridgehead atoms. The van der Waals surface area contributed by atoms with Crippen LogP contribution in [0.3, 0.4) is 0 Å². The molecule has 1 aliphatic carbocycles. The first kappa shape index (κ1) is 25.2. The van der Waals surface area contributed by atoms with Gasteiger partial charge in [-0.2, -0.15) is 4.98 Å². The number of nitrogens with zero attached hydrogens (tertiary/aromatic N) is 4. The number of piperidine rings is 1. The van der Waals surface area contributed by atoms with E-state index in [0.29, 0.717) is 41.7 Å². The number of fused-ring (bicyclic) bond motifs is 2. The molecule has 3 aliphatic rings. The average Bonchev–Trinajstić information content (AvgIpc) is 3.36. The van der Waals surface area contributed by atoms with Crippen LogP contribution in [0.1, 0.15) is 52.5 Å². The van der Waals surface area contributed by atoms with Crippen molar-refractivity contribution in [2.45, 2.75) is 57.4 Å². The van der Waals surface area contributed by atoms with Gasteiger partial charge in [0.05, 0.1) is 24.9 Å². The van der Waals surface area contributed by atoms with E-state index in [1.54, 1.807) is 12.1 Å². The summed E-state index contributed by atoms with van der Waals surface area (Å²) in [5, 5.41) is 9.34. The van der Waals surface area contributed by atoms with Crippen LogP contribution >= 0.6 is 0 Å². The zero-order valence-electron chi connectivity index (χ0n) is 22.3. The van der Waals surface area contributed by atoms with Crippen molar-refractivity contribution in [2.24, 2.45) is 5.92 Å². The van der Waals surface area contributed by atoms with Crippen molar-refractivity contribution in [3.05, 3.63) is 76.7 Å². The van der Waals surface area contributed by atoms with Gasteiger partial charge in [-0.25, -0.2) is 14.2 Å². The van der Waals surface area contributed by atoms with E-state index >= 15 is 0 Å². The van der Waals surface area contributed by atoms with Crippen LogP contribution < -0.4 is 4.74 Å². The summed E-state index contributed by atoms with van der Waals surface area (Å²) >= 11 is 0. The maximum absolute atomic E-state index is 14.2. The molecule has 3 aromatic heterocycles. The minimum absolute atomic E-state index is 0.0458. The first-order valence-corrected chi connectivity index (χ1v) is 13.8. The van der Waals surface area contributed by atoms with E-state index in [4.69, 9.17) is 18.9 Å². The lowest BCUT2D eigenvalue weighted by Gasteiger charge is -2.32. The number of likely N-dealkylation sites (tertiary alicyclic amines) is 1. The number of ether oxygens (including phenoxy) is 2. The Hall–Kier alpha value is -3.76. The minimum atomic E-state index is -1.10. The van der Waals surface area contributed by atoms with E-state index < -0.39 is 5.97 Å². The molecule has 1 N–H and O–H groups in total. The number of carboxylic acid groups (broad SMARTS) is 1. The zero-order valence-corrected chi connectivity index (χ0v) is 22.3. The number of aryl methyl sites for hydroxylation is 1. The smallest absolute Gasteiger partial charge is 0.371 e. The van der Waals surface area contributed by atoms with Crippen molar-refractivity contribution in [1.29, 1.82) is 0 Å². The highest BCUT2D eigenvalue weighted by molar-refractivity contribution is 5.89. The number of imidazole rings is 1. The highest BCUT2D eigenvalue weighted by Crippen LogP contribution is 2.59. The molecule has 0 spiro atoms. The van der Waals surface area contributed by atoms with Gasteiger partial charge in [-0.3, -0.25) is 4.90 Å². The molecule has 208 valence electrons. The van der Waals surface area contributed by atoms with Gasteiger partial charge in [0.1, 0.15) is 23.8 Å². The van der Waals surface area contributed by atoms with E-state index in [1.165, 1.54) is 6.07 Å². The van der Waals surface area contributed by atoms with Crippen molar-refractivity contribution in [3.63, 3.8) is 0 Å². The van der Waals surface area contributed by atoms with Gasteiger partial charge >= 0.3 is 5.97 Å². The molecule has 1 aromatic carbocycles. The minimum Gasteiger partial charge on any atom is -0.475 e. The third-order valence-electron chi connectivity index (χ3n) is 8.68. The predicted molar refractivity (Wildman–Crippen MR) is 143 cm³/mol. The van der Waals surface area contributed by atoms with Gasteiger partial charge in [-0.05, 0) is 56.3 Å². The molecule has 2 saturated heterocycles. The SMILES string of the molecule is Cc1ccc(COc2cccc([C@]34CCN(Cc5nc6oc(C(=O)O)cc6n5CC5CCO5)C[C@H]3C4)n2)c(F)c1. The Morgan fingerprint density at radius 3 is 2.88 bits per heavy atom. The lowest BCUT2D eigenvalue weighted by atomic mass is 9.91. The molecule has 9 nitrogen and oxygen atoms in total. The number of rotatable bonds is 9. The summed E-state index contributed by atoms with van der Waals surface area (Å²) in [6, 6.07) is 12.6. The van der Waals surface area contributed by atoms with Gasteiger partial charge in [-0.1, -0.05) is 18.2 Å². The van der Waals surface area contributed by atoms with Gasteiger partial charge < -0.3 is 23.6 Å². The zero-order chi connectivity index (χ0) is 27.4. The number of benzene rings is 1. The molecule has 7 rings (SSSR count). The van der Waals surface area contributed by atoms with Crippen molar-refractivity contribution in [2.75, 3.05) is 19.7 Å². The molecule has 40 heavy (non-hydrogen) atoms. The standard InChI is InChI=1S/C30H31FN4O5/c1-18-5-6-19(22(31)11-18)17-39-27-4-2-3-25(32-27)30-8-9-34(14-20(30)13-30)16-26-33-28-23(12-24(40-28)29(36)37)35(26)15-21-7-10-38-21/h2-6,11-12,20-21H,7-10,13-17H2,1H3,(H,36,37)/t20-,21?,30+/m1/s1. The Labute approximate surface area is 230 Å². The molecule has 3 atom stereocenters. The molecule has 3 fully saturated rings. The number of hydrogen-bond donors (Lipinski definition) is 1. The van der Waals surface area contributed by atoms with E-state index in [2.05, 4.69) is 20.5 Å². The summed E-state index contributed by atoms with van der Waals surface area (Å²) in [7, 11) is 0. The van der Waals surface area contributed by atoms with Gasteiger partial charge in [0, 0.05) is 36.3 Å². The Morgan fingerprint density at radius 2 is 2.12 bits per heavy atom. The normalized spacial score (nSPS) is 24.1. The van der Waals surface area contributed by atoms with Crippen molar-refractivity contribution in [3.8, 4) is 5.88 Å². The molecule has 0 radical (unpaired) electrons. The fraction of sp³-hybridized carbons (Fsp3) is 0.433. The van der Waals surface area contributed by atoms with E-state index in [9.17, 15) is 14.3 Å². The van der Waals surface area contributed by atoms with Crippen LogP contribution in [0.15, 0.2) is 46.9 Å². The number of furan rings is 1. The van der Waals surface area contributed by atoms with Crippen LogP contribution in [-0.4, -0.2) is 56.3 Å². The third-order valence-corrected chi connectivity index (χ3v) is 8.68. The maximum atomic E-state index is 14.2. The lowest BCUT2D eigenvalue weighted by Crippen LogP contribution is -2.37. The Balaban J connectivity index is 1.03. The van der Waals surface area contributed by atoms with Crippen molar-refractivity contribution < 1.29 is 28.2 Å². The topological polar surface area (TPSA) is 103 Å². The molecule has 1 saturated carbocycles. The summed E-state index contributed by atoms with van der Waals surface area (Å²) in [6.07, 6.45) is 3.14. The molecule has 10 heteroatoms. The number of carbonyl (C=O) groups is 1. The predicted octanol–water partition coefficient (Wildman–Crippen LogP) is 4.70. The highest BCUT2D eigenvalue weighted by atomic mass is 19.1. The molecular weight excluding hydrogens is 515 g/mol. The van der Waals surface area contributed by atoms with Crippen LogP contribution in [0, 0.1) is 18.7 Å². The second-order valence-corrected chi connectivity index (χ2v) is 11.3. The number of aromatic nitrogens is 3. The average molecular weight is 547 g/mol. The Bertz CT molecular complexity index is 1590. The molecule has 2 aliphatic heterocycles. The van der Waals surface area contributed by atoms with E-state index in [1.807, 2.05) is 25.1 Å². The fourth-order valence-corrected chi connectivity index (χ4v) is 6.19. The first-order valence-electron chi connectivity index (χ1n) is 13.8. The molecular formula is C30H31FN4O5. The van der Waals surface area contributed by atoms with Crippen LogP contribution in [-0.2, 0) is 29.8 Å². The quantitative estimate of drug-likeness (QED) is 0.322. The Morgan fingerprint density at radius 1 is 1.25 bits per heavy atom. The summed E-state index contributed by atoms with van der Waals surface area (Å²) < 4.78 is 33.4. The van der Waals surface area contributed by atoms with Crippen LogP contribution in [0.25, 0.3) is 11.2 Å². The number of pyridine rings is 1. The van der Waals surface area contributed by atoms with E-state index in [0.717, 1.165) is 56.0 Å². The number of carboxylic acids is 1. The molecule has 0 amide bonds. The number of aromatic carboxylic acids is 1. The highest BCUT2D eigenvalue weighted by Gasteiger charge is 2.58. The lowest BCUT2D eigenvalue weighted by molar-refractivity contribution is -0.0592. The third kappa shape index (κ3) is 4.54. The first-order chi connectivity index (χ1) is 19.4. The monoisotopic (exact) mass is 546 g/mol. The molecule has 4 aromatic rings. The van der Waals surface area contributed by atoms with Crippen LogP contribution in [0.2, 0.25) is 0 Å². The van der Waals surface area contributed by atoms with Crippen molar-refractivity contribution >= 4 is 17.2 Å².